The summed E-state index contributed by atoms with van der Waals surface area (Å²) in [6.07, 6.45) is 7.76. The summed E-state index contributed by atoms with van der Waals surface area (Å²) in [5.74, 6) is -2.07. The van der Waals surface area contributed by atoms with Crippen LogP contribution >= 0.6 is 0 Å². The molecule has 0 saturated carbocycles. The van der Waals surface area contributed by atoms with Crippen molar-refractivity contribution >= 4 is 0 Å². The van der Waals surface area contributed by atoms with E-state index in [1.165, 1.54) is 6.07 Å². The molecule has 4 rings (SSSR count). The number of ether oxygens (including phenoxy) is 2. The Labute approximate surface area is 211 Å². The van der Waals surface area contributed by atoms with Gasteiger partial charge in [0.2, 0.25) is 0 Å². The predicted octanol–water partition coefficient (Wildman–Crippen LogP) is 8.59. The number of benzene rings is 3. The van der Waals surface area contributed by atoms with E-state index in [-0.39, 0.29) is 23.6 Å². The maximum Gasteiger partial charge on any atom is 0.166 e. The monoisotopic (exact) mass is 494 g/mol. The summed E-state index contributed by atoms with van der Waals surface area (Å²) < 4.78 is 55.8. The lowest BCUT2D eigenvalue weighted by Crippen LogP contribution is -2.31. The van der Waals surface area contributed by atoms with Crippen LogP contribution in [-0.2, 0) is 15.9 Å². The highest BCUT2D eigenvalue weighted by atomic mass is 19.2. The third-order valence-corrected chi connectivity index (χ3v) is 6.70. The van der Waals surface area contributed by atoms with Gasteiger partial charge in [0.15, 0.2) is 17.9 Å². The fraction of sp³-hybridized carbons (Fsp3) is 0.355. The molecular weight excluding hydrogens is 461 g/mol. The van der Waals surface area contributed by atoms with Gasteiger partial charge in [0.05, 0.1) is 13.2 Å². The van der Waals surface area contributed by atoms with Crippen LogP contribution in [0, 0.1) is 17.5 Å². The molecule has 1 saturated heterocycles. The molecule has 0 unspecified atom stereocenters. The molecular formula is C31H33F3O2. The largest absolute Gasteiger partial charge is 0.352 e. The van der Waals surface area contributed by atoms with Gasteiger partial charge < -0.3 is 9.47 Å². The normalized spacial score (nSPS) is 18.1. The Morgan fingerprint density at radius 2 is 1.56 bits per heavy atom. The zero-order chi connectivity index (χ0) is 25.5. The molecule has 2 nitrogen and oxygen atoms in total. The number of rotatable bonds is 9. The SMILES string of the molecule is C/C=C/CCC1OCC(c2ccc(-c3ccc(-c4ccc(CCCC)c(F)c4F)cc3)cc2F)CO1. The second-order valence-corrected chi connectivity index (χ2v) is 9.26. The third kappa shape index (κ3) is 6.08. The van der Waals surface area contributed by atoms with E-state index in [1.807, 2.05) is 26.0 Å². The summed E-state index contributed by atoms with van der Waals surface area (Å²) in [6, 6.07) is 15.5. The minimum atomic E-state index is -0.826. The molecule has 0 aliphatic carbocycles. The lowest BCUT2D eigenvalue weighted by molar-refractivity contribution is -0.189. The predicted molar refractivity (Wildman–Crippen MR) is 138 cm³/mol. The maximum atomic E-state index is 15.0. The van der Waals surface area contributed by atoms with E-state index in [0.717, 1.165) is 31.2 Å². The number of aryl methyl sites for hydroxylation is 1. The molecule has 3 aromatic carbocycles. The highest BCUT2D eigenvalue weighted by Gasteiger charge is 2.25. The highest BCUT2D eigenvalue weighted by molar-refractivity contribution is 5.71. The van der Waals surface area contributed by atoms with Crippen LogP contribution in [0.3, 0.4) is 0 Å². The molecule has 1 heterocycles. The van der Waals surface area contributed by atoms with Crippen molar-refractivity contribution in [3.63, 3.8) is 0 Å². The number of allylic oxidation sites excluding steroid dienone is 2. The topological polar surface area (TPSA) is 18.5 Å². The molecule has 5 heteroatoms. The van der Waals surface area contributed by atoms with Gasteiger partial charge in [-0.15, -0.1) is 0 Å². The summed E-state index contributed by atoms with van der Waals surface area (Å²) in [7, 11) is 0. The quantitative estimate of drug-likeness (QED) is 0.277. The fourth-order valence-corrected chi connectivity index (χ4v) is 4.54. The van der Waals surface area contributed by atoms with Crippen LogP contribution in [0.4, 0.5) is 13.2 Å². The lowest BCUT2D eigenvalue weighted by atomic mass is 9.94. The number of halogens is 3. The zero-order valence-electron chi connectivity index (χ0n) is 20.9. The van der Waals surface area contributed by atoms with Crippen LogP contribution in [0.1, 0.15) is 56.6 Å². The van der Waals surface area contributed by atoms with Gasteiger partial charge in [0, 0.05) is 17.9 Å². The van der Waals surface area contributed by atoms with Gasteiger partial charge in [-0.05, 0) is 60.1 Å². The number of unbranched alkanes of at least 4 members (excludes halogenated alkanes) is 1. The number of hydrogen-bond acceptors (Lipinski definition) is 2. The first-order valence-corrected chi connectivity index (χ1v) is 12.7. The molecule has 0 N–H and O–H groups in total. The highest BCUT2D eigenvalue weighted by Crippen LogP contribution is 2.32. The van der Waals surface area contributed by atoms with E-state index in [9.17, 15) is 8.78 Å². The van der Waals surface area contributed by atoms with Crippen LogP contribution in [0.5, 0.6) is 0 Å². The van der Waals surface area contributed by atoms with Crippen molar-refractivity contribution in [2.45, 2.75) is 58.2 Å². The molecule has 3 aromatic rings. The molecule has 1 aliphatic heterocycles. The number of hydrogen-bond donors (Lipinski definition) is 0. The first-order valence-electron chi connectivity index (χ1n) is 12.7. The van der Waals surface area contributed by atoms with E-state index in [4.69, 9.17) is 9.47 Å². The van der Waals surface area contributed by atoms with Crippen molar-refractivity contribution < 1.29 is 22.6 Å². The second kappa shape index (κ2) is 12.4. The maximum absolute atomic E-state index is 15.0. The van der Waals surface area contributed by atoms with Crippen molar-refractivity contribution in [3.05, 3.63) is 95.3 Å². The van der Waals surface area contributed by atoms with Crippen molar-refractivity contribution in [3.8, 4) is 22.3 Å². The minimum Gasteiger partial charge on any atom is -0.352 e. The summed E-state index contributed by atoms with van der Waals surface area (Å²) in [6.45, 7) is 4.84. The molecule has 0 amide bonds. The average molecular weight is 495 g/mol. The zero-order valence-corrected chi connectivity index (χ0v) is 20.9. The average Bonchev–Trinajstić information content (AvgIpc) is 2.90. The van der Waals surface area contributed by atoms with Crippen LogP contribution in [0.2, 0.25) is 0 Å². The molecule has 36 heavy (non-hydrogen) atoms. The van der Waals surface area contributed by atoms with Crippen LogP contribution in [0.15, 0.2) is 66.7 Å². The van der Waals surface area contributed by atoms with Gasteiger partial charge >= 0.3 is 0 Å². The van der Waals surface area contributed by atoms with Gasteiger partial charge in [-0.1, -0.05) is 74.0 Å². The molecule has 1 aliphatic rings. The van der Waals surface area contributed by atoms with Crippen molar-refractivity contribution in [2.75, 3.05) is 13.2 Å². The Morgan fingerprint density at radius 1 is 0.861 bits per heavy atom. The first kappa shape index (κ1) is 26.2. The summed E-state index contributed by atoms with van der Waals surface area (Å²) in [4.78, 5) is 0. The molecule has 0 aromatic heterocycles. The van der Waals surface area contributed by atoms with E-state index in [0.29, 0.717) is 41.9 Å². The smallest absolute Gasteiger partial charge is 0.166 e. The van der Waals surface area contributed by atoms with Crippen LogP contribution in [0.25, 0.3) is 22.3 Å². The van der Waals surface area contributed by atoms with E-state index < -0.39 is 11.6 Å². The first-order chi connectivity index (χ1) is 17.5. The Morgan fingerprint density at radius 3 is 2.22 bits per heavy atom. The third-order valence-electron chi connectivity index (χ3n) is 6.70. The Balaban J connectivity index is 1.44. The van der Waals surface area contributed by atoms with Crippen molar-refractivity contribution in [1.29, 1.82) is 0 Å². The molecule has 0 atom stereocenters. The Kier molecular flexibility index (Phi) is 9.00. The van der Waals surface area contributed by atoms with Crippen molar-refractivity contribution in [1.82, 2.24) is 0 Å². The van der Waals surface area contributed by atoms with Crippen LogP contribution < -0.4 is 0 Å². The van der Waals surface area contributed by atoms with Gasteiger partial charge in [-0.2, -0.15) is 0 Å². The van der Waals surface area contributed by atoms with Gasteiger partial charge in [-0.3, -0.25) is 0 Å². The Bertz CT molecular complexity index is 1180. The lowest BCUT2D eigenvalue weighted by Gasteiger charge is -2.29. The molecule has 190 valence electrons. The van der Waals surface area contributed by atoms with Gasteiger partial charge in [0.1, 0.15) is 5.82 Å². The van der Waals surface area contributed by atoms with Gasteiger partial charge in [0.25, 0.3) is 0 Å². The second-order valence-electron chi connectivity index (χ2n) is 9.26. The minimum absolute atomic E-state index is 0.155. The molecule has 0 spiro atoms. The summed E-state index contributed by atoms with van der Waals surface area (Å²) in [5.41, 5.74) is 3.29. The van der Waals surface area contributed by atoms with E-state index in [1.54, 1.807) is 42.5 Å². The standard InChI is InChI=1S/C31H33F3O2/c1-3-5-7-9-29-35-19-25(20-36-29)26-16-15-24(18-28(26)32)21-10-12-22(13-11-21)27-17-14-23(8-6-4-2)30(33)31(27)34/h3,5,10-18,25,29H,4,6-9,19-20H2,1-2H3/b5-3+. The summed E-state index contributed by atoms with van der Waals surface area (Å²) in [5, 5.41) is 0. The Hall–Kier alpha value is -2.89. The molecule has 1 fully saturated rings. The molecule has 0 bridgehead atoms. The molecule has 0 radical (unpaired) electrons. The fourth-order valence-electron chi connectivity index (χ4n) is 4.54. The van der Waals surface area contributed by atoms with Gasteiger partial charge in [-0.25, -0.2) is 13.2 Å². The van der Waals surface area contributed by atoms with E-state index in [2.05, 4.69) is 6.08 Å². The van der Waals surface area contributed by atoms with E-state index >= 15 is 4.39 Å². The van der Waals surface area contributed by atoms with Crippen molar-refractivity contribution in [2.24, 2.45) is 0 Å². The summed E-state index contributed by atoms with van der Waals surface area (Å²) >= 11 is 0. The van der Waals surface area contributed by atoms with Crippen LogP contribution in [-0.4, -0.2) is 19.5 Å².